The number of nitrogens with zero attached hydrogens (tertiary/aromatic N) is 3. The molecule has 2 atom stereocenters. The Kier molecular flexibility index (Phi) is 3.72. The number of aromatic nitrogens is 2. The van der Waals surface area contributed by atoms with Crippen LogP contribution in [-0.4, -0.2) is 27.3 Å². The summed E-state index contributed by atoms with van der Waals surface area (Å²) < 4.78 is 1.65. The van der Waals surface area contributed by atoms with Crippen molar-refractivity contribution in [2.24, 2.45) is 5.92 Å². The largest absolute Gasteiger partial charge is 0.309 e. The molecule has 0 unspecified atom stereocenters. The first-order chi connectivity index (χ1) is 11.6. The lowest BCUT2D eigenvalue weighted by atomic mass is 10.1. The van der Waals surface area contributed by atoms with Gasteiger partial charge in [-0.15, -0.1) is 0 Å². The molecule has 0 saturated carbocycles. The van der Waals surface area contributed by atoms with Crippen LogP contribution in [0.3, 0.4) is 0 Å². The summed E-state index contributed by atoms with van der Waals surface area (Å²) in [5.74, 6) is 0.580. The molecule has 0 bridgehead atoms. The first-order valence-electron chi connectivity index (χ1n) is 8.16. The summed E-state index contributed by atoms with van der Waals surface area (Å²) in [5.41, 5.74) is 2.81. The number of rotatable bonds is 1. The quantitative estimate of drug-likeness (QED) is 0.747. The predicted molar refractivity (Wildman–Crippen MR) is 94.5 cm³/mol. The Morgan fingerprint density at radius 1 is 1.33 bits per heavy atom. The number of benzene rings is 1. The molecule has 0 fully saturated rings. The van der Waals surface area contributed by atoms with Crippen molar-refractivity contribution in [2.45, 2.75) is 38.0 Å². The average molecular weight is 341 g/mol. The van der Waals surface area contributed by atoms with Crippen molar-refractivity contribution in [3.63, 3.8) is 0 Å². The second-order valence-electron chi connectivity index (χ2n) is 6.54. The molecular formula is C18H19N3O2S. The second kappa shape index (κ2) is 5.77. The maximum atomic E-state index is 13.2. The van der Waals surface area contributed by atoms with Crippen LogP contribution in [0.5, 0.6) is 0 Å². The van der Waals surface area contributed by atoms with Crippen molar-refractivity contribution in [2.75, 3.05) is 10.7 Å². The highest BCUT2D eigenvalue weighted by Gasteiger charge is 2.36. The van der Waals surface area contributed by atoms with E-state index in [1.54, 1.807) is 17.7 Å². The minimum atomic E-state index is -0.197. The van der Waals surface area contributed by atoms with Gasteiger partial charge >= 0.3 is 0 Å². The molecule has 2 aromatic rings. The summed E-state index contributed by atoms with van der Waals surface area (Å²) in [6.45, 7) is 4.26. The van der Waals surface area contributed by atoms with Crippen molar-refractivity contribution >= 4 is 23.4 Å². The van der Waals surface area contributed by atoms with Crippen molar-refractivity contribution in [1.29, 1.82) is 0 Å². The lowest BCUT2D eigenvalue weighted by Crippen LogP contribution is -2.45. The van der Waals surface area contributed by atoms with Crippen LogP contribution in [0.25, 0.3) is 0 Å². The van der Waals surface area contributed by atoms with Crippen molar-refractivity contribution in [1.82, 2.24) is 9.55 Å². The Bertz CT molecular complexity index is 877. The molecule has 0 radical (unpaired) electrons. The van der Waals surface area contributed by atoms with E-state index < -0.39 is 0 Å². The monoisotopic (exact) mass is 341 g/mol. The summed E-state index contributed by atoms with van der Waals surface area (Å²) in [6.07, 6.45) is 2.50. The molecule has 2 aliphatic rings. The van der Waals surface area contributed by atoms with Gasteiger partial charge in [-0.1, -0.05) is 30.0 Å². The number of amides is 1. The SMILES string of the molecule is Cc1cnc2n(c1=O)C[C@H](C(=O)N1c3ccccc3C[C@@H]1C)CS2. The van der Waals surface area contributed by atoms with Crippen LogP contribution < -0.4 is 10.5 Å². The van der Waals surface area contributed by atoms with E-state index >= 15 is 0 Å². The summed E-state index contributed by atoms with van der Waals surface area (Å²) in [5, 5.41) is 0.713. The number of hydrogen-bond acceptors (Lipinski definition) is 4. The van der Waals surface area contributed by atoms with E-state index in [2.05, 4.69) is 18.0 Å². The van der Waals surface area contributed by atoms with Gasteiger partial charge < -0.3 is 4.90 Å². The normalized spacial score (nSPS) is 22.2. The lowest BCUT2D eigenvalue weighted by molar-refractivity contribution is -0.122. The minimum absolute atomic E-state index is 0.0418. The number of hydrogen-bond donors (Lipinski definition) is 0. The molecular weight excluding hydrogens is 322 g/mol. The van der Waals surface area contributed by atoms with Crippen LogP contribution >= 0.6 is 11.8 Å². The predicted octanol–water partition coefficient (Wildman–Crippen LogP) is 2.25. The van der Waals surface area contributed by atoms with Gasteiger partial charge in [0.25, 0.3) is 5.56 Å². The van der Waals surface area contributed by atoms with Crippen LogP contribution in [0.15, 0.2) is 40.4 Å². The zero-order valence-corrected chi connectivity index (χ0v) is 14.5. The van der Waals surface area contributed by atoms with Gasteiger partial charge in [0, 0.05) is 35.8 Å². The Hall–Kier alpha value is -2.08. The molecule has 2 aliphatic heterocycles. The Morgan fingerprint density at radius 2 is 2.12 bits per heavy atom. The number of para-hydroxylation sites is 1. The molecule has 3 heterocycles. The topological polar surface area (TPSA) is 55.2 Å². The maximum Gasteiger partial charge on any atom is 0.257 e. The zero-order valence-electron chi connectivity index (χ0n) is 13.7. The van der Waals surface area contributed by atoms with E-state index in [9.17, 15) is 9.59 Å². The zero-order chi connectivity index (χ0) is 16.8. The van der Waals surface area contributed by atoms with E-state index in [0.29, 0.717) is 23.0 Å². The van der Waals surface area contributed by atoms with Gasteiger partial charge in [0.2, 0.25) is 5.91 Å². The van der Waals surface area contributed by atoms with Crippen LogP contribution in [-0.2, 0) is 17.8 Å². The third-order valence-electron chi connectivity index (χ3n) is 4.79. The molecule has 4 rings (SSSR count). The number of carbonyl (C=O) groups is 1. The molecule has 0 spiro atoms. The van der Waals surface area contributed by atoms with Gasteiger partial charge in [-0.05, 0) is 31.9 Å². The summed E-state index contributed by atoms with van der Waals surface area (Å²) in [6, 6.07) is 8.24. The van der Waals surface area contributed by atoms with Gasteiger partial charge in [0.15, 0.2) is 5.16 Å². The van der Waals surface area contributed by atoms with Gasteiger partial charge in [-0.2, -0.15) is 0 Å². The van der Waals surface area contributed by atoms with Crippen LogP contribution in [0.4, 0.5) is 5.69 Å². The summed E-state index contributed by atoms with van der Waals surface area (Å²) >= 11 is 1.49. The molecule has 6 heteroatoms. The molecule has 124 valence electrons. The van der Waals surface area contributed by atoms with Gasteiger partial charge in [-0.25, -0.2) is 4.98 Å². The molecule has 1 aromatic carbocycles. The van der Waals surface area contributed by atoms with Crippen molar-refractivity contribution in [3.05, 3.63) is 51.9 Å². The van der Waals surface area contributed by atoms with E-state index in [1.165, 1.54) is 17.3 Å². The molecule has 1 amide bonds. The lowest BCUT2D eigenvalue weighted by Gasteiger charge is -2.30. The molecule has 24 heavy (non-hydrogen) atoms. The highest BCUT2D eigenvalue weighted by Crippen LogP contribution is 2.35. The smallest absolute Gasteiger partial charge is 0.257 e. The molecule has 5 nitrogen and oxygen atoms in total. The third kappa shape index (κ3) is 2.36. The first-order valence-corrected chi connectivity index (χ1v) is 9.15. The molecule has 0 aliphatic carbocycles. The Balaban J connectivity index is 1.65. The summed E-state index contributed by atoms with van der Waals surface area (Å²) in [7, 11) is 0. The van der Waals surface area contributed by atoms with Crippen molar-refractivity contribution in [3.8, 4) is 0 Å². The average Bonchev–Trinajstić information content (AvgIpc) is 2.93. The maximum absolute atomic E-state index is 13.2. The fraction of sp³-hybridized carbons (Fsp3) is 0.389. The highest BCUT2D eigenvalue weighted by atomic mass is 32.2. The van der Waals surface area contributed by atoms with E-state index in [0.717, 1.165) is 12.1 Å². The number of anilines is 1. The minimum Gasteiger partial charge on any atom is -0.309 e. The third-order valence-corrected chi connectivity index (χ3v) is 5.95. The first kappa shape index (κ1) is 15.4. The van der Waals surface area contributed by atoms with Crippen LogP contribution in [0, 0.1) is 12.8 Å². The fourth-order valence-corrected chi connectivity index (χ4v) is 4.59. The fourth-order valence-electron chi connectivity index (χ4n) is 3.55. The molecule has 0 saturated heterocycles. The Labute approximate surface area is 144 Å². The van der Waals surface area contributed by atoms with Gasteiger partial charge in [0.1, 0.15) is 0 Å². The molecule has 0 N–H and O–H groups in total. The van der Waals surface area contributed by atoms with Crippen LogP contribution in [0.1, 0.15) is 18.1 Å². The van der Waals surface area contributed by atoms with Gasteiger partial charge in [-0.3, -0.25) is 14.2 Å². The molecule has 1 aromatic heterocycles. The van der Waals surface area contributed by atoms with Crippen molar-refractivity contribution < 1.29 is 4.79 Å². The number of carbonyl (C=O) groups excluding carboxylic acids is 1. The van der Waals surface area contributed by atoms with Gasteiger partial charge in [0.05, 0.1) is 5.92 Å². The Morgan fingerprint density at radius 3 is 2.96 bits per heavy atom. The van der Waals surface area contributed by atoms with E-state index in [4.69, 9.17) is 0 Å². The van der Waals surface area contributed by atoms with E-state index in [-0.39, 0.29) is 23.4 Å². The van der Waals surface area contributed by atoms with E-state index in [1.807, 2.05) is 23.1 Å². The van der Waals surface area contributed by atoms with Crippen LogP contribution in [0.2, 0.25) is 0 Å². The highest BCUT2D eigenvalue weighted by molar-refractivity contribution is 7.99. The number of fused-ring (bicyclic) bond motifs is 2. The summed E-state index contributed by atoms with van der Waals surface area (Å²) in [4.78, 5) is 31.7. The standard InChI is InChI=1S/C18H19N3O2S/c1-11-8-19-18-20(16(11)22)9-14(10-24-18)17(23)21-12(2)7-13-5-3-4-6-15(13)21/h3-6,8,12,14H,7,9-10H2,1-2H3/t12-,14-/m0/s1. The number of thioether (sulfide) groups is 1. The number of aryl methyl sites for hydroxylation is 1. The second-order valence-corrected chi connectivity index (χ2v) is 7.52.